The highest BCUT2D eigenvalue weighted by Gasteiger charge is 2.18. The second-order valence-corrected chi connectivity index (χ2v) is 3.10. The van der Waals surface area contributed by atoms with Gasteiger partial charge in [-0.05, 0) is 13.0 Å². The molecule has 1 aromatic heterocycles. The molecule has 0 saturated heterocycles. The molecule has 1 N–H and O–H groups in total. The number of fused-ring (bicyclic) bond motifs is 1. The first kappa shape index (κ1) is 8.99. The van der Waals surface area contributed by atoms with E-state index in [2.05, 4.69) is 10.3 Å². The number of aromatic nitrogens is 1. The van der Waals surface area contributed by atoms with E-state index < -0.39 is 0 Å². The third kappa shape index (κ3) is 1.55. The van der Waals surface area contributed by atoms with Crippen molar-refractivity contribution in [3.05, 3.63) is 23.5 Å². The van der Waals surface area contributed by atoms with Crippen LogP contribution in [0.5, 0.6) is 5.75 Å². The molecule has 14 heavy (non-hydrogen) atoms. The third-order valence-electron chi connectivity index (χ3n) is 2.15. The lowest BCUT2D eigenvalue weighted by molar-refractivity contribution is 0.0944. The van der Waals surface area contributed by atoms with E-state index in [1.165, 1.54) is 0 Å². The van der Waals surface area contributed by atoms with Crippen LogP contribution >= 0.6 is 0 Å². The second kappa shape index (κ2) is 3.65. The van der Waals surface area contributed by atoms with Gasteiger partial charge < -0.3 is 10.1 Å². The number of hydrogen-bond donors (Lipinski definition) is 1. The van der Waals surface area contributed by atoms with E-state index in [1.54, 1.807) is 12.3 Å². The van der Waals surface area contributed by atoms with Crippen molar-refractivity contribution in [1.82, 2.24) is 10.3 Å². The van der Waals surface area contributed by atoms with Crippen LogP contribution < -0.4 is 10.1 Å². The summed E-state index contributed by atoms with van der Waals surface area (Å²) in [7, 11) is 0. The minimum atomic E-state index is -0.0553. The Morgan fingerprint density at radius 2 is 2.50 bits per heavy atom. The molecule has 0 atom stereocenters. The number of pyridine rings is 1. The maximum absolute atomic E-state index is 11.4. The van der Waals surface area contributed by atoms with Crippen LogP contribution in [0.15, 0.2) is 12.3 Å². The van der Waals surface area contributed by atoms with Gasteiger partial charge in [-0.3, -0.25) is 9.78 Å². The van der Waals surface area contributed by atoms with E-state index >= 15 is 0 Å². The van der Waals surface area contributed by atoms with Crippen molar-refractivity contribution in [1.29, 1.82) is 0 Å². The monoisotopic (exact) mass is 192 g/mol. The molecule has 0 bridgehead atoms. The highest BCUT2D eigenvalue weighted by molar-refractivity contribution is 5.96. The average Bonchev–Trinajstić information content (AvgIpc) is 2.20. The number of carbonyl (C=O) groups excluding carboxylic acids is 1. The van der Waals surface area contributed by atoms with Gasteiger partial charge in [0.1, 0.15) is 5.75 Å². The maximum Gasteiger partial charge on any atom is 0.253 e. The van der Waals surface area contributed by atoms with Crippen molar-refractivity contribution < 1.29 is 9.53 Å². The molecular weight excluding hydrogens is 180 g/mol. The number of hydrogen-bond acceptors (Lipinski definition) is 3. The zero-order valence-electron chi connectivity index (χ0n) is 8.04. The summed E-state index contributed by atoms with van der Waals surface area (Å²) in [5.41, 5.74) is 1.50. The molecule has 1 aliphatic heterocycles. The van der Waals surface area contributed by atoms with Gasteiger partial charge in [0.05, 0.1) is 24.1 Å². The summed E-state index contributed by atoms with van der Waals surface area (Å²) in [4.78, 5) is 15.6. The molecule has 0 aliphatic carbocycles. The minimum Gasteiger partial charge on any atom is -0.492 e. The smallest absolute Gasteiger partial charge is 0.253 e. The van der Waals surface area contributed by atoms with Gasteiger partial charge in [0.15, 0.2) is 0 Å². The Morgan fingerprint density at radius 1 is 1.64 bits per heavy atom. The Labute approximate surface area is 82.3 Å². The van der Waals surface area contributed by atoms with Crippen LogP contribution in [0.2, 0.25) is 0 Å². The summed E-state index contributed by atoms with van der Waals surface area (Å²) in [6.07, 6.45) is 2.47. The van der Waals surface area contributed by atoms with E-state index in [4.69, 9.17) is 4.74 Å². The molecule has 0 saturated carbocycles. The topological polar surface area (TPSA) is 51.2 Å². The van der Waals surface area contributed by atoms with Crippen molar-refractivity contribution in [2.75, 3.05) is 13.2 Å². The highest BCUT2D eigenvalue weighted by Crippen LogP contribution is 2.17. The van der Waals surface area contributed by atoms with E-state index in [0.717, 1.165) is 12.1 Å². The van der Waals surface area contributed by atoms with Gasteiger partial charge in [-0.2, -0.15) is 0 Å². The number of nitrogens with one attached hydrogen (secondary N) is 1. The summed E-state index contributed by atoms with van der Waals surface area (Å²) >= 11 is 0. The van der Waals surface area contributed by atoms with Crippen LogP contribution in [0.4, 0.5) is 0 Å². The molecule has 74 valence electrons. The molecule has 0 fully saturated rings. The summed E-state index contributed by atoms with van der Waals surface area (Å²) < 4.78 is 5.28. The first-order valence-electron chi connectivity index (χ1n) is 4.71. The molecule has 2 rings (SSSR count). The van der Waals surface area contributed by atoms with Crippen molar-refractivity contribution in [2.24, 2.45) is 0 Å². The Balaban J connectivity index is 2.36. The normalized spacial score (nSPS) is 14.5. The summed E-state index contributed by atoms with van der Waals surface area (Å²) in [5.74, 6) is 0.601. The molecule has 0 unspecified atom stereocenters. The van der Waals surface area contributed by atoms with Crippen molar-refractivity contribution >= 4 is 5.91 Å². The van der Waals surface area contributed by atoms with Gasteiger partial charge in [-0.25, -0.2) is 0 Å². The second-order valence-electron chi connectivity index (χ2n) is 3.10. The first-order valence-corrected chi connectivity index (χ1v) is 4.71. The predicted octanol–water partition coefficient (Wildman–Crippen LogP) is 0.766. The van der Waals surface area contributed by atoms with E-state index in [-0.39, 0.29) is 5.91 Å². The van der Waals surface area contributed by atoms with Crippen LogP contribution in [0, 0.1) is 0 Å². The van der Waals surface area contributed by atoms with E-state index in [1.807, 2.05) is 6.92 Å². The molecule has 1 aromatic rings. The largest absolute Gasteiger partial charge is 0.492 e. The lowest BCUT2D eigenvalue weighted by Gasteiger charge is -2.15. The average molecular weight is 192 g/mol. The molecule has 4 nitrogen and oxygen atoms in total. The van der Waals surface area contributed by atoms with Crippen LogP contribution in [-0.4, -0.2) is 24.0 Å². The SMILES string of the molecule is CCOc1cnc2c(c1)C(=O)NCC2. The summed E-state index contributed by atoms with van der Waals surface area (Å²) in [5, 5.41) is 2.77. The molecule has 0 spiro atoms. The third-order valence-corrected chi connectivity index (χ3v) is 2.15. The molecule has 0 radical (unpaired) electrons. The summed E-state index contributed by atoms with van der Waals surface area (Å²) in [6, 6.07) is 1.75. The van der Waals surface area contributed by atoms with E-state index in [9.17, 15) is 4.79 Å². The minimum absolute atomic E-state index is 0.0553. The van der Waals surface area contributed by atoms with Gasteiger partial charge >= 0.3 is 0 Å². The van der Waals surface area contributed by atoms with Gasteiger partial charge in [-0.1, -0.05) is 0 Å². The van der Waals surface area contributed by atoms with Crippen LogP contribution in [0.3, 0.4) is 0 Å². The highest BCUT2D eigenvalue weighted by atomic mass is 16.5. The standard InChI is InChI=1S/C10H12N2O2/c1-2-14-7-5-8-9(12-6-7)3-4-11-10(8)13/h5-6H,2-4H2,1H3,(H,11,13). The number of ether oxygens (including phenoxy) is 1. The maximum atomic E-state index is 11.4. The van der Waals surface area contributed by atoms with Gasteiger partial charge in [-0.15, -0.1) is 0 Å². The fourth-order valence-electron chi connectivity index (χ4n) is 1.50. The lowest BCUT2D eigenvalue weighted by Crippen LogP contribution is -2.32. The fourth-order valence-corrected chi connectivity index (χ4v) is 1.50. The molecular formula is C10H12N2O2. The molecule has 0 aromatic carbocycles. The van der Waals surface area contributed by atoms with Crippen LogP contribution in [0.1, 0.15) is 23.0 Å². The Kier molecular flexibility index (Phi) is 2.35. The molecule has 4 heteroatoms. The van der Waals surface area contributed by atoms with Gasteiger partial charge in [0.2, 0.25) is 0 Å². The van der Waals surface area contributed by atoms with E-state index in [0.29, 0.717) is 24.5 Å². The zero-order chi connectivity index (χ0) is 9.97. The first-order chi connectivity index (χ1) is 6.81. The van der Waals surface area contributed by atoms with Crippen molar-refractivity contribution in [3.63, 3.8) is 0 Å². The number of carbonyl (C=O) groups is 1. The van der Waals surface area contributed by atoms with Gasteiger partial charge in [0.25, 0.3) is 5.91 Å². The van der Waals surface area contributed by atoms with Crippen molar-refractivity contribution in [3.8, 4) is 5.75 Å². The molecule has 1 aliphatic rings. The van der Waals surface area contributed by atoms with Crippen molar-refractivity contribution in [2.45, 2.75) is 13.3 Å². The molecule has 1 amide bonds. The number of nitrogens with zero attached hydrogens (tertiary/aromatic N) is 1. The quantitative estimate of drug-likeness (QED) is 0.752. The summed E-state index contributed by atoms with van der Waals surface area (Å²) in [6.45, 7) is 3.16. The number of rotatable bonds is 2. The molecule has 2 heterocycles. The Hall–Kier alpha value is -1.58. The predicted molar refractivity (Wildman–Crippen MR) is 51.4 cm³/mol. The van der Waals surface area contributed by atoms with Crippen LogP contribution in [-0.2, 0) is 6.42 Å². The lowest BCUT2D eigenvalue weighted by atomic mass is 10.1. The van der Waals surface area contributed by atoms with Gasteiger partial charge in [0, 0.05) is 13.0 Å². The fraction of sp³-hybridized carbons (Fsp3) is 0.400. The number of amides is 1. The Morgan fingerprint density at radius 3 is 3.29 bits per heavy atom. The van der Waals surface area contributed by atoms with Crippen LogP contribution in [0.25, 0.3) is 0 Å². The Bertz CT molecular complexity index is 363. The zero-order valence-corrected chi connectivity index (χ0v) is 8.04.